The van der Waals surface area contributed by atoms with Crippen LogP contribution >= 0.6 is 11.3 Å². The highest BCUT2D eigenvalue weighted by Gasteiger charge is 2.17. The Labute approximate surface area is 93.5 Å². The van der Waals surface area contributed by atoms with Crippen LogP contribution in [0.5, 0.6) is 0 Å². The van der Waals surface area contributed by atoms with Crippen molar-refractivity contribution in [1.82, 2.24) is 4.98 Å². The molecule has 0 bridgehead atoms. The fourth-order valence-electron chi connectivity index (χ4n) is 1.20. The van der Waals surface area contributed by atoms with Crippen LogP contribution in [0.3, 0.4) is 0 Å². The number of carbonyl (C=O) groups is 1. The molecule has 2 N–H and O–H groups in total. The number of hydrogen-bond donors (Lipinski definition) is 1. The summed E-state index contributed by atoms with van der Waals surface area (Å²) in [6, 6.07) is 0. The van der Waals surface area contributed by atoms with Crippen LogP contribution in [0.25, 0.3) is 0 Å². The molecule has 0 aliphatic carbocycles. The first-order valence-electron chi connectivity index (χ1n) is 4.86. The van der Waals surface area contributed by atoms with Gasteiger partial charge in [-0.25, -0.2) is 4.98 Å². The van der Waals surface area contributed by atoms with Crippen molar-refractivity contribution in [2.45, 2.75) is 19.9 Å². The van der Waals surface area contributed by atoms with Gasteiger partial charge in [0.25, 0.3) is 0 Å². The lowest BCUT2D eigenvalue weighted by Crippen LogP contribution is -2.14. The zero-order valence-corrected chi connectivity index (χ0v) is 9.84. The van der Waals surface area contributed by atoms with Gasteiger partial charge in [-0.1, -0.05) is 6.92 Å². The normalized spacial score (nSPS) is 12.7. The Balaban J connectivity index is 2.59. The third-order valence-electron chi connectivity index (χ3n) is 2.18. The fourth-order valence-corrected chi connectivity index (χ4v) is 1.86. The second kappa shape index (κ2) is 5.95. The molecule has 0 saturated carbocycles. The molecule has 0 aliphatic heterocycles. The van der Waals surface area contributed by atoms with E-state index in [0.717, 1.165) is 11.4 Å². The maximum atomic E-state index is 11.8. The Kier molecular flexibility index (Phi) is 4.87. The van der Waals surface area contributed by atoms with Crippen molar-refractivity contribution in [3.05, 3.63) is 16.1 Å². The van der Waals surface area contributed by atoms with E-state index < -0.39 is 0 Å². The van der Waals surface area contributed by atoms with E-state index in [-0.39, 0.29) is 11.7 Å². The minimum Gasteiger partial charge on any atom is -0.385 e. The number of aromatic nitrogens is 1. The fraction of sp³-hybridized carbons (Fsp3) is 0.600. The Bertz CT molecular complexity index is 325. The molecule has 0 spiro atoms. The second-order valence-electron chi connectivity index (χ2n) is 3.38. The van der Waals surface area contributed by atoms with E-state index in [1.807, 2.05) is 6.92 Å². The number of rotatable bonds is 6. The third kappa shape index (κ3) is 3.37. The number of Topliss-reactive ketones (excluding diaryl/α,β-unsaturated/α-hetero) is 1. The van der Waals surface area contributed by atoms with Gasteiger partial charge in [-0.2, -0.15) is 0 Å². The minimum atomic E-state index is -0.0438. The first-order chi connectivity index (χ1) is 7.19. The molecule has 1 rings (SSSR count). The molecule has 0 aliphatic rings. The molecular weight excluding hydrogens is 212 g/mol. The molecular formula is C10H16N2O2S. The number of nitrogens with two attached hydrogens (primary N) is 1. The molecule has 1 unspecified atom stereocenters. The van der Waals surface area contributed by atoms with Crippen molar-refractivity contribution in [1.29, 1.82) is 0 Å². The smallest absolute Gasteiger partial charge is 0.184 e. The Morgan fingerprint density at radius 2 is 2.47 bits per heavy atom. The van der Waals surface area contributed by atoms with E-state index in [9.17, 15) is 4.79 Å². The maximum absolute atomic E-state index is 11.8. The molecule has 0 fully saturated rings. The SMILES string of the molecule is COCCC(C)C(=O)c1csc(CN)n1. The van der Waals surface area contributed by atoms with Crippen LogP contribution in [-0.4, -0.2) is 24.5 Å². The predicted octanol–water partition coefficient (Wildman–Crippen LogP) is 1.46. The molecule has 4 nitrogen and oxygen atoms in total. The van der Waals surface area contributed by atoms with Gasteiger partial charge in [0.1, 0.15) is 10.7 Å². The van der Waals surface area contributed by atoms with Gasteiger partial charge in [0, 0.05) is 31.6 Å². The summed E-state index contributed by atoms with van der Waals surface area (Å²) in [4.78, 5) is 16.0. The summed E-state index contributed by atoms with van der Waals surface area (Å²) >= 11 is 1.43. The van der Waals surface area contributed by atoms with Gasteiger partial charge in [-0.15, -0.1) is 11.3 Å². The Morgan fingerprint density at radius 3 is 3.00 bits per heavy atom. The number of hydrogen-bond acceptors (Lipinski definition) is 5. The van der Waals surface area contributed by atoms with Crippen molar-refractivity contribution in [3.8, 4) is 0 Å². The van der Waals surface area contributed by atoms with E-state index in [4.69, 9.17) is 10.5 Å². The van der Waals surface area contributed by atoms with Crippen molar-refractivity contribution >= 4 is 17.1 Å². The first kappa shape index (κ1) is 12.3. The zero-order chi connectivity index (χ0) is 11.3. The van der Waals surface area contributed by atoms with Crippen molar-refractivity contribution < 1.29 is 9.53 Å². The van der Waals surface area contributed by atoms with E-state index >= 15 is 0 Å². The van der Waals surface area contributed by atoms with Crippen LogP contribution in [0.4, 0.5) is 0 Å². The van der Waals surface area contributed by atoms with E-state index in [1.54, 1.807) is 12.5 Å². The molecule has 5 heteroatoms. The Hall–Kier alpha value is -0.780. The molecule has 0 saturated heterocycles. The number of carbonyl (C=O) groups excluding carboxylic acids is 1. The minimum absolute atomic E-state index is 0.0438. The molecule has 0 aromatic carbocycles. The van der Waals surface area contributed by atoms with Crippen LogP contribution in [-0.2, 0) is 11.3 Å². The molecule has 84 valence electrons. The largest absolute Gasteiger partial charge is 0.385 e. The molecule has 1 aromatic heterocycles. The lowest BCUT2D eigenvalue weighted by Gasteiger charge is -2.06. The topological polar surface area (TPSA) is 65.2 Å². The number of thiazole rings is 1. The van der Waals surface area contributed by atoms with E-state index in [0.29, 0.717) is 18.8 Å². The molecule has 1 heterocycles. The van der Waals surface area contributed by atoms with Crippen molar-refractivity contribution in [2.75, 3.05) is 13.7 Å². The lowest BCUT2D eigenvalue weighted by atomic mass is 10.0. The van der Waals surface area contributed by atoms with Crippen LogP contribution in [0.2, 0.25) is 0 Å². The monoisotopic (exact) mass is 228 g/mol. The van der Waals surface area contributed by atoms with Crippen molar-refractivity contribution in [3.63, 3.8) is 0 Å². The van der Waals surface area contributed by atoms with Gasteiger partial charge in [0.15, 0.2) is 5.78 Å². The highest BCUT2D eigenvalue weighted by molar-refractivity contribution is 7.09. The third-order valence-corrected chi connectivity index (χ3v) is 3.05. The summed E-state index contributed by atoms with van der Waals surface area (Å²) in [6.07, 6.45) is 0.727. The van der Waals surface area contributed by atoms with Crippen LogP contribution < -0.4 is 5.73 Å². The quantitative estimate of drug-likeness (QED) is 0.749. The summed E-state index contributed by atoms with van der Waals surface area (Å²) in [5.74, 6) is 0.0284. The molecule has 0 amide bonds. The van der Waals surface area contributed by atoms with Gasteiger partial charge in [0.05, 0.1) is 0 Å². The summed E-state index contributed by atoms with van der Waals surface area (Å²) in [7, 11) is 1.63. The summed E-state index contributed by atoms with van der Waals surface area (Å²) in [5, 5.41) is 2.57. The van der Waals surface area contributed by atoms with Crippen molar-refractivity contribution in [2.24, 2.45) is 11.7 Å². The number of methoxy groups -OCH3 is 1. The van der Waals surface area contributed by atoms with Gasteiger partial charge in [-0.05, 0) is 6.42 Å². The van der Waals surface area contributed by atoms with E-state index in [2.05, 4.69) is 4.98 Å². The zero-order valence-electron chi connectivity index (χ0n) is 9.03. The molecule has 1 aromatic rings. The van der Waals surface area contributed by atoms with Crippen LogP contribution in [0.15, 0.2) is 5.38 Å². The molecule has 15 heavy (non-hydrogen) atoms. The summed E-state index contributed by atoms with van der Waals surface area (Å²) < 4.78 is 4.93. The average molecular weight is 228 g/mol. The second-order valence-corrected chi connectivity index (χ2v) is 4.32. The molecule has 0 radical (unpaired) electrons. The molecule has 1 atom stereocenters. The predicted molar refractivity (Wildman–Crippen MR) is 60.0 cm³/mol. The Morgan fingerprint density at radius 1 is 1.73 bits per heavy atom. The number of ketones is 1. The number of ether oxygens (including phenoxy) is 1. The van der Waals surface area contributed by atoms with Gasteiger partial charge in [-0.3, -0.25) is 4.79 Å². The van der Waals surface area contributed by atoms with E-state index in [1.165, 1.54) is 11.3 Å². The first-order valence-corrected chi connectivity index (χ1v) is 5.74. The lowest BCUT2D eigenvalue weighted by molar-refractivity contribution is 0.0889. The number of nitrogens with zero attached hydrogens (tertiary/aromatic N) is 1. The maximum Gasteiger partial charge on any atom is 0.184 e. The highest BCUT2D eigenvalue weighted by atomic mass is 32.1. The highest BCUT2D eigenvalue weighted by Crippen LogP contribution is 2.15. The summed E-state index contributed by atoms with van der Waals surface area (Å²) in [6.45, 7) is 2.88. The summed E-state index contributed by atoms with van der Waals surface area (Å²) in [5.41, 5.74) is 5.97. The van der Waals surface area contributed by atoms with Crippen LogP contribution in [0, 0.1) is 5.92 Å². The average Bonchev–Trinajstić information content (AvgIpc) is 2.73. The van der Waals surface area contributed by atoms with Gasteiger partial charge < -0.3 is 10.5 Å². The van der Waals surface area contributed by atoms with Gasteiger partial charge in [0.2, 0.25) is 0 Å². The van der Waals surface area contributed by atoms with Gasteiger partial charge >= 0.3 is 0 Å². The van der Waals surface area contributed by atoms with Crippen LogP contribution in [0.1, 0.15) is 28.8 Å². The standard InChI is InChI=1S/C10H16N2O2S/c1-7(3-4-14-2)10(13)8-6-15-9(5-11)12-8/h6-7H,3-5,11H2,1-2H3.